The number of pyridine rings is 1. The minimum Gasteiger partial charge on any atom is -0.472 e. The topological polar surface area (TPSA) is 95.0 Å². The van der Waals surface area contributed by atoms with Crippen LogP contribution in [0.2, 0.25) is 0 Å². The number of amides is 3. The fourth-order valence-corrected chi connectivity index (χ4v) is 4.39. The van der Waals surface area contributed by atoms with Crippen LogP contribution >= 0.6 is 0 Å². The Morgan fingerprint density at radius 2 is 2.15 bits per heavy atom. The van der Waals surface area contributed by atoms with Crippen LogP contribution in [0.25, 0.3) is 0 Å². The van der Waals surface area contributed by atoms with E-state index < -0.39 is 0 Å². The molecule has 1 aromatic heterocycles. The second-order valence-corrected chi connectivity index (χ2v) is 9.56. The minimum atomic E-state index is -0.371. The van der Waals surface area contributed by atoms with Gasteiger partial charge in [-0.05, 0) is 32.3 Å². The van der Waals surface area contributed by atoms with E-state index in [0.717, 1.165) is 38.5 Å². The predicted molar refractivity (Wildman–Crippen MR) is 131 cm³/mol. The van der Waals surface area contributed by atoms with E-state index in [9.17, 15) is 14.7 Å². The van der Waals surface area contributed by atoms with Crippen LogP contribution in [0.15, 0.2) is 12.3 Å². The van der Waals surface area contributed by atoms with Crippen molar-refractivity contribution in [3.05, 3.63) is 23.4 Å². The summed E-state index contributed by atoms with van der Waals surface area (Å²) >= 11 is 0. The molecule has 8 heteroatoms. The highest BCUT2D eigenvalue weighted by molar-refractivity contribution is 5.97. The Morgan fingerprint density at radius 1 is 1.41 bits per heavy atom. The Balaban J connectivity index is 1.85. The van der Waals surface area contributed by atoms with E-state index in [2.05, 4.69) is 29.1 Å². The van der Waals surface area contributed by atoms with Crippen LogP contribution in [-0.2, 0) is 0 Å². The van der Waals surface area contributed by atoms with Gasteiger partial charge in [0, 0.05) is 43.7 Å². The van der Waals surface area contributed by atoms with E-state index in [1.54, 1.807) is 29.1 Å². The van der Waals surface area contributed by atoms with Gasteiger partial charge in [0.25, 0.3) is 5.91 Å². The molecule has 8 nitrogen and oxygen atoms in total. The van der Waals surface area contributed by atoms with E-state index in [1.165, 1.54) is 0 Å². The maximum absolute atomic E-state index is 13.4. The third-order valence-electron chi connectivity index (χ3n) is 6.61. The van der Waals surface area contributed by atoms with E-state index in [1.807, 2.05) is 13.8 Å². The molecule has 34 heavy (non-hydrogen) atoms. The molecule has 0 unspecified atom stereocenters. The van der Waals surface area contributed by atoms with E-state index >= 15 is 0 Å². The first-order chi connectivity index (χ1) is 16.3. The summed E-state index contributed by atoms with van der Waals surface area (Å²) in [5, 5.41) is 12.9. The molecule has 2 heterocycles. The monoisotopic (exact) mass is 470 g/mol. The number of unbranched alkanes of at least 4 members (excludes halogenated alkanes) is 1. The lowest BCUT2D eigenvalue weighted by atomic mass is 10.00. The summed E-state index contributed by atoms with van der Waals surface area (Å²) in [7, 11) is 1.76. The number of ether oxygens (including phenoxy) is 1. The van der Waals surface area contributed by atoms with Crippen molar-refractivity contribution in [1.82, 2.24) is 20.1 Å². The number of likely N-dealkylation sites (N-methyl/N-ethyl adjacent to an activating group) is 1. The number of hydrogen-bond donors (Lipinski definition) is 2. The predicted octanol–water partition coefficient (Wildman–Crippen LogP) is 3.04. The average Bonchev–Trinajstić information content (AvgIpc) is 3.34. The first-order valence-electron chi connectivity index (χ1n) is 12.4. The molecule has 1 aliphatic carbocycles. The van der Waals surface area contributed by atoms with Crippen LogP contribution in [0.1, 0.15) is 75.2 Å². The van der Waals surface area contributed by atoms with Gasteiger partial charge in [-0.3, -0.25) is 4.79 Å². The maximum Gasteiger partial charge on any atom is 0.317 e. The molecule has 3 rings (SSSR count). The summed E-state index contributed by atoms with van der Waals surface area (Å²) in [6.07, 6.45) is 7.31. The Kier molecular flexibility index (Phi) is 9.17. The Labute approximate surface area is 203 Å². The SMILES string of the molecule is CCCC#Cc1cnc2c(c1)C(=O)N([C@@H](C)CO)C[C@@H](C)[C@@H](CN(C)C(=O)NC1CCCC1)O2. The number of aliphatic hydroxyl groups is 1. The van der Waals surface area contributed by atoms with Gasteiger partial charge in [-0.1, -0.05) is 38.5 Å². The third-order valence-corrected chi connectivity index (χ3v) is 6.61. The zero-order chi connectivity index (χ0) is 24.7. The van der Waals surface area contributed by atoms with Gasteiger partial charge in [0.05, 0.1) is 19.2 Å². The van der Waals surface area contributed by atoms with Gasteiger partial charge in [-0.25, -0.2) is 9.78 Å². The lowest BCUT2D eigenvalue weighted by Crippen LogP contribution is -2.52. The smallest absolute Gasteiger partial charge is 0.317 e. The molecule has 2 aliphatic rings. The molecule has 1 aromatic rings. The quantitative estimate of drug-likeness (QED) is 0.623. The summed E-state index contributed by atoms with van der Waals surface area (Å²) in [4.78, 5) is 33.9. The van der Waals surface area contributed by atoms with Crippen molar-refractivity contribution in [3.8, 4) is 17.7 Å². The van der Waals surface area contributed by atoms with Gasteiger partial charge in [0.2, 0.25) is 5.88 Å². The standard InChI is InChI=1S/C26H38N4O4/c1-5-6-7-10-20-13-22-24(27-14-20)34-23(18(2)15-30(25(22)32)19(3)17-31)16-29(4)26(33)28-21-11-8-9-12-21/h13-14,18-19,21,23,31H,5-6,8-9,11-12,15-17H2,1-4H3,(H,28,33)/t18-,19+,23-/m1/s1. The lowest BCUT2D eigenvalue weighted by Gasteiger charge is -2.37. The summed E-state index contributed by atoms with van der Waals surface area (Å²) in [6, 6.07) is 1.48. The lowest BCUT2D eigenvalue weighted by molar-refractivity contribution is 0.0351. The summed E-state index contributed by atoms with van der Waals surface area (Å²) in [5.74, 6) is 6.06. The van der Waals surface area contributed by atoms with Crippen LogP contribution in [0, 0.1) is 17.8 Å². The number of nitrogens with zero attached hydrogens (tertiary/aromatic N) is 3. The van der Waals surface area contributed by atoms with Crippen molar-refractivity contribution in [2.45, 2.75) is 77.5 Å². The summed E-state index contributed by atoms with van der Waals surface area (Å²) in [6.45, 7) is 6.48. The van der Waals surface area contributed by atoms with E-state index in [-0.39, 0.29) is 48.5 Å². The molecule has 0 aromatic carbocycles. The fraction of sp³-hybridized carbons (Fsp3) is 0.654. The number of aliphatic hydroxyl groups excluding tert-OH is 1. The molecule has 0 spiro atoms. The Hall–Kier alpha value is -2.79. The highest BCUT2D eigenvalue weighted by Crippen LogP contribution is 2.27. The highest BCUT2D eigenvalue weighted by Gasteiger charge is 2.35. The fourth-order valence-electron chi connectivity index (χ4n) is 4.39. The molecular formula is C26H38N4O4. The highest BCUT2D eigenvalue weighted by atomic mass is 16.5. The number of hydrogen-bond acceptors (Lipinski definition) is 5. The molecule has 2 N–H and O–H groups in total. The van der Waals surface area contributed by atoms with E-state index in [4.69, 9.17) is 4.74 Å². The van der Waals surface area contributed by atoms with Gasteiger partial charge in [-0.2, -0.15) is 0 Å². The van der Waals surface area contributed by atoms with Crippen molar-refractivity contribution in [2.75, 3.05) is 26.7 Å². The normalized spacial score (nSPS) is 21.4. The molecule has 186 valence electrons. The third kappa shape index (κ3) is 6.41. The summed E-state index contributed by atoms with van der Waals surface area (Å²) < 4.78 is 6.26. The number of aromatic nitrogens is 1. The minimum absolute atomic E-state index is 0.0846. The van der Waals surface area contributed by atoms with Gasteiger partial charge in [0.1, 0.15) is 11.7 Å². The van der Waals surface area contributed by atoms with Gasteiger partial charge in [0.15, 0.2) is 0 Å². The van der Waals surface area contributed by atoms with Crippen molar-refractivity contribution in [2.24, 2.45) is 5.92 Å². The van der Waals surface area contributed by atoms with Gasteiger partial charge in [-0.15, -0.1) is 0 Å². The van der Waals surface area contributed by atoms with Crippen molar-refractivity contribution >= 4 is 11.9 Å². The molecule has 1 fully saturated rings. The van der Waals surface area contributed by atoms with Crippen LogP contribution in [0.5, 0.6) is 5.88 Å². The molecule has 3 amide bonds. The number of urea groups is 1. The zero-order valence-corrected chi connectivity index (χ0v) is 20.8. The number of nitrogens with one attached hydrogen (secondary N) is 1. The number of rotatable bonds is 6. The molecule has 0 bridgehead atoms. The van der Waals surface area contributed by atoms with E-state index in [0.29, 0.717) is 24.2 Å². The molecular weight excluding hydrogens is 432 g/mol. The van der Waals surface area contributed by atoms with Crippen molar-refractivity contribution in [1.29, 1.82) is 0 Å². The molecule has 1 aliphatic heterocycles. The van der Waals surface area contributed by atoms with Crippen LogP contribution in [-0.4, -0.2) is 76.8 Å². The first-order valence-corrected chi connectivity index (χ1v) is 12.4. The molecule has 0 radical (unpaired) electrons. The largest absolute Gasteiger partial charge is 0.472 e. The second kappa shape index (κ2) is 12.1. The Bertz CT molecular complexity index is 919. The molecule has 3 atom stereocenters. The number of carbonyl (C=O) groups excluding carboxylic acids is 2. The van der Waals surface area contributed by atoms with Gasteiger partial charge < -0.3 is 25.0 Å². The van der Waals surface area contributed by atoms with Crippen molar-refractivity contribution < 1.29 is 19.4 Å². The molecule has 1 saturated carbocycles. The summed E-state index contributed by atoms with van der Waals surface area (Å²) in [5.41, 5.74) is 0.984. The second-order valence-electron chi connectivity index (χ2n) is 9.56. The molecule has 0 saturated heterocycles. The maximum atomic E-state index is 13.4. The number of fused-ring (bicyclic) bond motifs is 1. The number of carbonyl (C=O) groups is 2. The van der Waals surface area contributed by atoms with Gasteiger partial charge >= 0.3 is 6.03 Å². The van der Waals surface area contributed by atoms with Crippen molar-refractivity contribution in [3.63, 3.8) is 0 Å². The zero-order valence-electron chi connectivity index (χ0n) is 20.8. The Morgan fingerprint density at radius 3 is 2.82 bits per heavy atom. The van der Waals surface area contributed by atoms with Crippen LogP contribution < -0.4 is 10.1 Å². The first kappa shape index (κ1) is 25.8. The van der Waals surface area contributed by atoms with Crippen LogP contribution in [0.4, 0.5) is 4.79 Å². The van der Waals surface area contributed by atoms with Crippen LogP contribution in [0.3, 0.4) is 0 Å². The average molecular weight is 471 g/mol.